The summed E-state index contributed by atoms with van der Waals surface area (Å²) in [6.07, 6.45) is 4.56. The average molecular weight is 200 g/mol. The van der Waals surface area contributed by atoms with E-state index in [9.17, 15) is 0 Å². The second kappa shape index (κ2) is 5.72. The van der Waals surface area contributed by atoms with Crippen LogP contribution in [-0.4, -0.2) is 17.6 Å². The van der Waals surface area contributed by atoms with E-state index < -0.39 is 0 Å². The summed E-state index contributed by atoms with van der Waals surface area (Å²) < 4.78 is 0. The van der Waals surface area contributed by atoms with Crippen LogP contribution in [-0.2, 0) is 0 Å². The molecule has 1 atom stereocenters. The Morgan fingerprint density at radius 2 is 1.36 bits per heavy atom. The minimum Gasteiger partial charge on any atom is -0.324 e. The fraction of sp³-hybridized carbons (Fsp3) is 1.00. The van der Waals surface area contributed by atoms with Gasteiger partial charge >= 0.3 is 0 Å². The van der Waals surface area contributed by atoms with Crippen molar-refractivity contribution in [2.24, 2.45) is 5.73 Å². The summed E-state index contributed by atoms with van der Waals surface area (Å²) in [5, 5.41) is 3.65. The van der Waals surface area contributed by atoms with Crippen LogP contribution in [0.3, 0.4) is 0 Å². The van der Waals surface area contributed by atoms with Crippen LogP contribution < -0.4 is 11.1 Å². The van der Waals surface area contributed by atoms with Crippen molar-refractivity contribution in [1.29, 1.82) is 0 Å². The van der Waals surface area contributed by atoms with Gasteiger partial charge in [-0.25, -0.2) is 0 Å². The molecule has 0 aliphatic carbocycles. The summed E-state index contributed by atoms with van der Waals surface area (Å²) in [7, 11) is 0. The Balaban J connectivity index is 4.19. The van der Waals surface area contributed by atoms with Gasteiger partial charge in [0.15, 0.2) is 0 Å². The molecule has 0 spiro atoms. The minimum atomic E-state index is -0.0647. The monoisotopic (exact) mass is 200 g/mol. The van der Waals surface area contributed by atoms with Crippen molar-refractivity contribution >= 4 is 0 Å². The first-order chi connectivity index (χ1) is 6.45. The third kappa shape index (κ3) is 3.97. The molecule has 0 heterocycles. The van der Waals surface area contributed by atoms with Crippen molar-refractivity contribution in [1.82, 2.24) is 5.32 Å². The van der Waals surface area contributed by atoms with Crippen molar-refractivity contribution in [2.45, 2.75) is 71.4 Å². The second-order valence-electron chi connectivity index (χ2n) is 4.70. The van der Waals surface area contributed by atoms with Gasteiger partial charge < -0.3 is 11.1 Å². The second-order valence-corrected chi connectivity index (χ2v) is 4.70. The highest BCUT2D eigenvalue weighted by molar-refractivity contribution is 4.89. The summed E-state index contributed by atoms with van der Waals surface area (Å²) in [5.41, 5.74) is 6.36. The molecule has 0 rings (SSSR count). The Morgan fingerprint density at radius 1 is 0.929 bits per heavy atom. The Morgan fingerprint density at radius 3 is 1.64 bits per heavy atom. The van der Waals surface area contributed by atoms with Crippen LogP contribution in [0.15, 0.2) is 0 Å². The topological polar surface area (TPSA) is 38.0 Å². The molecule has 0 amide bonds. The maximum Gasteiger partial charge on any atom is 0.0249 e. The largest absolute Gasteiger partial charge is 0.324 e. The molecule has 0 aromatic carbocycles. The first-order valence-corrected chi connectivity index (χ1v) is 5.99. The van der Waals surface area contributed by atoms with Crippen molar-refractivity contribution < 1.29 is 0 Å². The van der Waals surface area contributed by atoms with Gasteiger partial charge in [0.2, 0.25) is 0 Å². The lowest BCUT2D eigenvalue weighted by atomic mass is 9.88. The number of rotatable bonds is 7. The van der Waals surface area contributed by atoms with Gasteiger partial charge in [0.05, 0.1) is 0 Å². The maximum atomic E-state index is 6.12. The van der Waals surface area contributed by atoms with Crippen LogP contribution in [0.2, 0.25) is 0 Å². The van der Waals surface area contributed by atoms with Crippen LogP contribution in [0.25, 0.3) is 0 Å². The van der Waals surface area contributed by atoms with E-state index in [0.29, 0.717) is 5.54 Å². The molecule has 2 heteroatoms. The molecule has 1 unspecified atom stereocenters. The Bertz CT molecular complexity index is 140. The zero-order valence-electron chi connectivity index (χ0n) is 10.6. The predicted molar refractivity (Wildman–Crippen MR) is 64.5 cm³/mol. The van der Waals surface area contributed by atoms with Gasteiger partial charge in [-0.15, -0.1) is 0 Å². The molecule has 2 nitrogen and oxygen atoms in total. The normalized spacial score (nSPS) is 16.7. The van der Waals surface area contributed by atoms with Crippen molar-refractivity contribution in [3.05, 3.63) is 0 Å². The van der Waals surface area contributed by atoms with E-state index in [2.05, 4.69) is 39.9 Å². The molecule has 0 aliphatic rings. The Hall–Kier alpha value is -0.0800. The zero-order chi connectivity index (χ0) is 11.2. The Kier molecular flexibility index (Phi) is 5.68. The van der Waals surface area contributed by atoms with E-state index in [1.54, 1.807) is 0 Å². The van der Waals surface area contributed by atoms with Crippen LogP contribution >= 0.6 is 0 Å². The molecule has 14 heavy (non-hydrogen) atoms. The van der Waals surface area contributed by atoms with Gasteiger partial charge in [-0.2, -0.15) is 0 Å². The maximum absolute atomic E-state index is 6.12. The van der Waals surface area contributed by atoms with Crippen LogP contribution in [0, 0.1) is 0 Å². The molecule has 0 bridgehead atoms. The highest BCUT2D eigenvalue weighted by Crippen LogP contribution is 2.20. The number of nitrogens with one attached hydrogen (secondary N) is 1. The number of hydrogen-bond acceptors (Lipinski definition) is 2. The highest BCUT2D eigenvalue weighted by Gasteiger charge is 2.26. The molecule has 0 radical (unpaired) electrons. The minimum absolute atomic E-state index is 0.0647. The van der Waals surface area contributed by atoms with Gasteiger partial charge in [0.25, 0.3) is 0 Å². The number of nitrogens with two attached hydrogens (primary N) is 1. The molecule has 86 valence electrons. The van der Waals surface area contributed by atoms with E-state index in [-0.39, 0.29) is 5.54 Å². The molecule has 0 aromatic heterocycles. The summed E-state index contributed by atoms with van der Waals surface area (Å²) >= 11 is 0. The van der Waals surface area contributed by atoms with Crippen molar-refractivity contribution in [3.63, 3.8) is 0 Å². The quantitative estimate of drug-likeness (QED) is 0.663. The van der Waals surface area contributed by atoms with Gasteiger partial charge in [0.1, 0.15) is 0 Å². The third-order valence-electron chi connectivity index (χ3n) is 3.71. The van der Waals surface area contributed by atoms with Crippen molar-refractivity contribution in [2.75, 3.05) is 6.54 Å². The van der Waals surface area contributed by atoms with E-state index in [1.807, 2.05) is 0 Å². The van der Waals surface area contributed by atoms with E-state index >= 15 is 0 Å². The standard InChI is InChI=1S/C12H28N2/c1-6-11(5,13)10-14-12(7-2,8-3)9-4/h14H,6-10,13H2,1-5H3. The molecule has 0 aromatic rings. The summed E-state index contributed by atoms with van der Waals surface area (Å²) in [5.74, 6) is 0. The average Bonchev–Trinajstić information content (AvgIpc) is 2.21. The summed E-state index contributed by atoms with van der Waals surface area (Å²) in [6.45, 7) is 11.9. The van der Waals surface area contributed by atoms with E-state index in [0.717, 1.165) is 13.0 Å². The lowest BCUT2D eigenvalue weighted by Crippen LogP contribution is -2.53. The van der Waals surface area contributed by atoms with Gasteiger partial charge in [-0.1, -0.05) is 27.7 Å². The smallest absolute Gasteiger partial charge is 0.0249 e. The third-order valence-corrected chi connectivity index (χ3v) is 3.71. The first kappa shape index (κ1) is 13.9. The molecule has 0 aliphatic heterocycles. The predicted octanol–water partition coefficient (Wildman–Crippen LogP) is 2.67. The van der Waals surface area contributed by atoms with E-state index in [1.165, 1.54) is 19.3 Å². The molecule has 0 saturated heterocycles. The summed E-state index contributed by atoms with van der Waals surface area (Å²) in [6, 6.07) is 0. The molecule has 0 saturated carbocycles. The first-order valence-electron chi connectivity index (χ1n) is 5.99. The fourth-order valence-electron chi connectivity index (χ4n) is 1.64. The SMILES string of the molecule is CCC(C)(N)CNC(CC)(CC)CC. The van der Waals surface area contributed by atoms with Gasteiger partial charge in [0, 0.05) is 17.6 Å². The lowest BCUT2D eigenvalue weighted by Gasteiger charge is -2.36. The molecule has 0 fully saturated rings. The van der Waals surface area contributed by atoms with Crippen LogP contribution in [0.5, 0.6) is 0 Å². The fourth-order valence-corrected chi connectivity index (χ4v) is 1.64. The number of hydrogen-bond donors (Lipinski definition) is 2. The van der Waals surface area contributed by atoms with E-state index in [4.69, 9.17) is 5.73 Å². The molecular weight excluding hydrogens is 172 g/mol. The Labute approximate surface area is 89.6 Å². The van der Waals surface area contributed by atoms with Crippen LogP contribution in [0.4, 0.5) is 0 Å². The van der Waals surface area contributed by atoms with Crippen LogP contribution in [0.1, 0.15) is 60.3 Å². The van der Waals surface area contributed by atoms with Crippen molar-refractivity contribution in [3.8, 4) is 0 Å². The molecule has 3 N–H and O–H groups in total. The molecular formula is C12H28N2. The lowest BCUT2D eigenvalue weighted by molar-refractivity contribution is 0.258. The highest BCUT2D eigenvalue weighted by atomic mass is 15.0. The van der Waals surface area contributed by atoms with Gasteiger partial charge in [-0.05, 0) is 32.6 Å². The summed E-state index contributed by atoms with van der Waals surface area (Å²) in [4.78, 5) is 0. The zero-order valence-corrected chi connectivity index (χ0v) is 10.6. The van der Waals surface area contributed by atoms with Gasteiger partial charge in [-0.3, -0.25) is 0 Å².